The van der Waals surface area contributed by atoms with Crippen molar-refractivity contribution >= 4 is 46.4 Å². The zero-order valence-electron chi connectivity index (χ0n) is 18.6. The predicted octanol–water partition coefficient (Wildman–Crippen LogP) is 4.59. The molecule has 3 aromatic rings. The number of hydrogen-bond acceptors (Lipinski definition) is 6. The number of rotatable bonds is 8. The Balaban J connectivity index is 1.54. The van der Waals surface area contributed by atoms with E-state index in [4.69, 9.17) is 16.3 Å². The Morgan fingerprint density at radius 3 is 2.48 bits per heavy atom. The molecule has 0 radical (unpaired) electrons. The highest BCUT2D eigenvalue weighted by molar-refractivity contribution is 7.17. The maximum absolute atomic E-state index is 12.5. The molecule has 1 aromatic heterocycles. The molecule has 33 heavy (non-hydrogen) atoms. The minimum absolute atomic E-state index is 0.209. The van der Waals surface area contributed by atoms with Crippen LogP contribution in [0, 0.1) is 6.92 Å². The topological polar surface area (TPSA) is 88.6 Å². The molecule has 7 nitrogen and oxygen atoms in total. The lowest BCUT2D eigenvalue weighted by Crippen LogP contribution is -2.37. The molecule has 0 saturated carbocycles. The van der Waals surface area contributed by atoms with Crippen molar-refractivity contribution in [1.29, 1.82) is 0 Å². The third-order valence-corrected chi connectivity index (χ3v) is 6.39. The number of halogens is 1. The average molecular weight is 486 g/mol. The minimum atomic E-state index is -0.622. The van der Waals surface area contributed by atoms with Gasteiger partial charge in [-0.25, -0.2) is 9.78 Å². The van der Waals surface area contributed by atoms with E-state index in [9.17, 15) is 14.4 Å². The number of hydrogen-bond donors (Lipinski definition) is 1. The van der Waals surface area contributed by atoms with Crippen molar-refractivity contribution < 1.29 is 19.1 Å². The Labute approximate surface area is 201 Å². The number of carbonyl (C=O) groups excluding carboxylic acids is 3. The molecule has 0 bridgehead atoms. The summed E-state index contributed by atoms with van der Waals surface area (Å²) in [5.74, 6) is -1.54. The number of thiazole rings is 1. The second-order valence-electron chi connectivity index (χ2n) is 7.34. The Morgan fingerprint density at radius 1 is 1.12 bits per heavy atom. The normalized spacial score (nSPS) is 10.5. The second kappa shape index (κ2) is 11.1. The van der Waals surface area contributed by atoms with E-state index < -0.39 is 24.4 Å². The zero-order chi connectivity index (χ0) is 24.0. The van der Waals surface area contributed by atoms with Crippen molar-refractivity contribution in [2.24, 2.45) is 0 Å². The summed E-state index contributed by atoms with van der Waals surface area (Å²) in [6.45, 7) is 3.12. The summed E-state index contributed by atoms with van der Waals surface area (Å²) in [6, 6.07) is 14.8. The predicted molar refractivity (Wildman–Crippen MR) is 130 cm³/mol. The molecule has 9 heteroatoms. The quantitative estimate of drug-likeness (QED) is 0.471. The summed E-state index contributed by atoms with van der Waals surface area (Å²) in [5.41, 5.74) is 3.13. The van der Waals surface area contributed by atoms with Crippen LogP contribution in [0.15, 0.2) is 48.5 Å². The van der Waals surface area contributed by atoms with E-state index >= 15 is 0 Å². The number of amides is 2. The largest absolute Gasteiger partial charge is 0.451 e. The van der Waals surface area contributed by atoms with E-state index in [2.05, 4.69) is 17.2 Å². The number of ether oxygens (including phenoxy) is 1. The summed E-state index contributed by atoms with van der Waals surface area (Å²) >= 11 is 7.24. The average Bonchev–Trinajstić information content (AvgIpc) is 3.20. The lowest BCUT2D eigenvalue weighted by Gasteiger charge is -2.17. The standard InChI is InChI=1S/C24H24ClN3O4S/c1-4-16-9-11-17(12-10-16)23-26-15(2)22(33-23)24(31)32-14-21(30)28(3)13-20(29)27-19-8-6-5-7-18(19)25/h5-12H,4,13-14H2,1-3H3,(H,27,29). The lowest BCUT2D eigenvalue weighted by molar-refractivity contribution is -0.136. The summed E-state index contributed by atoms with van der Waals surface area (Å²) in [7, 11) is 1.46. The first-order valence-electron chi connectivity index (χ1n) is 10.3. The SMILES string of the molecule is CCc1ccc(-c2nc(C)c(C(=O)OCC(=O)N(C)CC(=O)Nc3ccccc3Cl)s2)cc1. The first kappa shape index (κ1) is 24.4. The van der Waals surface area contributed by atoms with Gasteiger partial charge >= 0.3 is 5.97 Å². The van der Waals surface area contributed by atoms with E-state index in [-0.39, 0.29) is 6.54 Å². The number of nitrogens with one attached hydrogen (secondary N) is 1. The van der Waals surface area contributed by atoms with Crippen molar-refractivity contribution in [1.82, 2.24) is 9.88 Å². The van der Waals surface area contributed by atoms with E-state index in [1.54, 1.807) is 31.2 Å². The van der Waals surface area contributed by atoms with Gasteiger partial charge in [0.1, 0.15) is 9.88 Å². The number of aromatic nitrogens is 1. The minimum Gasteiger partial charge on any atom is -0.451 e. The molecule has 0 spiro atoms. The Morgan fingerprint density at radius 2 is 1.82 bits per heavy atom. The summed E-state index contributed by atoms with van der Waals surface area (Å²) in [5, 5.41) is 3.75. The molecule has 0 unspecified atom stereocenters. The third kappa shape index (κ3) is 6.40. The Bertz CT molecular complexity index is 1160. The third-order valence-electron chi connectivity index (χ3n) is 4.87. The van der Waals surface area contributed by atoms with Crippen molar-refractivity contribution in [2.45, 2.75) is 20.3 Å². The molecule has 1 heterocycles. The first-order chi connectivity index (χ1) is 15.8. The molecular weight excluding hydrogens is 462 g/mol. The molecule has 2 aromatic carbocycles. The second-order valence-corrected chi connectivity index (χ2v) is 8.74. The number of benzene rings is 2. The Kier molecular flexibility index (Phi) is 8.19. The van der Waals surface area contributed by atoms with E-state index in [1.165, 1.54) is 28.8 Å². The van der Waals surface area contributed by atoms with Crippen molar-refractivity contribution in [3.63, 3.8) is 0 Å². The van der Waals surface area contributed by atoms with Crippen LogP contribution in [0.5, 0.6) is 0 Å². The highest BCUT2D eigenvalue weighted by Gasteiger charge is 2.20. The van der Waals surface area contributed by atoms with Gasteiger partial charge < -0.3 is 15.0 Å². The number of anilines is 1. The maximum atomic E-state index is 12.5. The van der Waals surface area contributed by atoms with Crippen LogP contribution in [0.3, 0.4) is 0 Å². The van der Waals surface area contributed by atoms with Crippen LogP contribution in [0.4, 0.5) is 5.69 Å². The smallest absolute Gasteiger partial charge is 0.350 e. The van der Waals surface area contributed by atoms with Crippen LogP contribution >= 0.6 is 22.9 Å². The van der Waals surface area contributed by atoms with E-state index in [0.717, 1.165) is 12.0 Å². The lowest BCUT2D eigenvalue weighted by atomic mass is 10.1. The van der Waals surface area contributed by atoms with Crippen LogP contribution in [0.25, 0.3) is 10.6 Å². The van der Waals surface area contributed by atoms with E-state index in [1.807, 2.05) is 24.3 Å². The first-order valence-corrected chi connectivity index (χ1v) is 11.5. The van der Waals surface area contributed by atoms with Gasteiger partial charge in [-0.15, -0.1) is 11.3 Å². The molecule has 0 atom stereocenters. The van der Waals surface area contributed by atoms with Crippen molar-refractivity contribution in [3.05, 3.63) is 69.7 Å². The van der Waals surface area contributed by atoms with E-state index in [0.29, 0.717) is 26.3 Å². The summed E-state index contributed by atoms with van der Waals surface area (Å²) in [6.07, 6.45) is 0.943. The van der Waals surface area contributed by atoms with Crippen LogP contribution < -0.4 is 5.32 Å². The molecule has 0 saturated heterocycles. The van der Waals surface area contributed by atoms with Crippen molar-refractivity contribution in [3.8, 4) is 10.6 Å². The number of likely N-dealkylation sites (N-methyl/N-ethyl adjacent to an activating group) is 1. The maximum Gasteiger partial charge on any atom is 0.350 e. The van der Waals surface area contributed by atoms with Crippen LogP contribution in [-0.4, -0.2) is 47.9 Å². The monoisotopic (exact) mass is 485 g/mol. The van der Waals surface area contributed by atoms with Gasteiger partial charge in [0.05, 0.1) is 22.9 Å². The van der Waals surface area contributed by atoms with Crippen LogP contribution in [0.2, 0.25) is 5.02 Å². The molecule has 0 aliphatic rings. The van der Waals surface area contributed by atoms with Gasteiger partial charge in [-0.05, 0) is 31.0 Å². The van der Waals surface area contributed by atoms with Gasteiger partial charge in [0.2, 0.25) is 5.91 Å². The van der Waals surface area contributed by atoms with Crippen molar-refractivity contribution in [2.75, 3.05) is 25.5 Å². The fourth-order valence-electron chi connectivity index (χ4n) is 2.95. The highest BCUT2D eigenvalue weighted by atomic mass is 35.5. The van der Waals surface area contributed by atoms with Gasteiger partial charge in [-0.1, -0.05) is 54.9 Å². The van der Waals surface area contributed by atoms with Crippen LogP contribution in [0.1, 0.15) is 27.9 Å². The molecule has 1 N–H and O–H groups in total. The molecular formula is C24H24ClN3O4S. The highest BCUT2D eigenvalue weighted by Crippen LogP contribution is 2.28. The fraction of sp³-hybridized carbons (Fsp3) is 0.250. The number of para-hydroxylation sites is 1. The Hall–Kier alpha value is -3.23. The number of carbonyl (C=O) groups is 3. The van der Waals surface area contributed by atoms with Gasteiger partial charge in [-0.2, -0.15) is 0 Å². The van der Waals surface area contributed by atoms with Gasteiger partial charge in [0.15, 0.2) is 6.61 Å². The molecule has 3 rings (SSSR count). The van der Waals surface area contributed by atoms with Gasteiger partial charge in [0, 0.05) is 12.6 Å². The molecule has 172 valence electrons. The van der Waals surface area contributed by atoms with Crippen LogP contribution in [-0.2, 0) is 20.7 Å². The zero-order valence-corrected chi connectivity index (χ0v) is 20.1. The number of nitrogens with zero attached hydrogens (tertiary/aromatic N) is 2. The number of esters is 1. The van der Waals surface area contributed by atoms with Gasteiger partial charge in [0.25, 0.3) is 5.91 Å². The summed E-state index contributed by atoms with van der Waals surface area (Å²) < 4.78 is 5.18. The molecule has 2 amide bonds. The number of aryl methyl sites for hydroxylation is 2. The summed E-state index contributed by atoms with van der Waals surface area (Å²) in [4.78, 5) is 43.0. The van der Waals surface area contributed by atoms with Gasteiger partial charge in [-0.3, -0.25) is 9.59 Å². The molecule has 0 fully saturated rings. The molecule has 0 aliphatic carbocycles. The molecule has 0 aliphatic heterocycles. The fourth-order valence-corrected chi connectivity index (χ4v) is 4.10.